The van der Waals surface area contributed by atoms with Gasteiger partial charge in [-0.05, 0) is 31.4 Å². The molecule has 0 bridgehead atoms. The summed E-state index contributed by atoms with van der Waals surface area (Å²) in [5.74, 6) is -0.948. The van der Waals surface area contributed by atoms with Gasteiger partial charge in [0.15, 0.2) is 0 Å². The molecule has 5 heteroatoms. The maximum absolute atomic E-state index is 11.0. The summed E-state index contributed by atoms with van der Waals surface area (Å²) in [6, 6.07) is 6.96. The number of carboxylic acid groups (broad SMARTS) is 1. The number of benzene rings is 1. The molecule has 1 atom stereocenters. The molecule has 0 aliphatic carbocycles. The number of ketones is 1. The number of carbonyl (C=O) groups is 2. The largest absolute Gasteiger partial charge is 0.480 e. The smallest absolute Gasteiger partial charge is 0.322 e. The Kier molecular flexibility index (Phi) is 5.32. The maximum atomic E-state index is 11.0. The van der Waals surface area contributed by atoms with Crippen LogP contribution in [0.3, 0.4) is 0 Å². The number of hydrogen-bond donors (Lipinski definition) is 3. The first-order chi connectivity index (χ1) is 8.50. The number of carboxylic acids is 1. The van der Waals surface area contributed by atoms with E-state index in [4.69, 9.17) is 10.8 Å². The summed E-state index contributed by atoms with van der Waals surface area (Å²) < 4.78 is 0. The molecule has 0 radical (unpaired) electrons. The normalized spacial score (nSPS) is 11.9. The van der Waals surface area contributed by atoms with Gasteiger partial charge in [0, 0.05) is 5.69 Å². The predicted molar refractivity (Wildman–Crippen MR) is 69.5 cm³/mol. The van der Waals surface area contributed by atoms with Crippen LogP contribution in [0.15, 0.2) is 24.3 Å². The third kappa shape index (κ3) is 4.55. The van der Waals surface area contributed by atoms with E-state index in [2.05, 4.69) is 5.32 Å². The minimum absolute atomic E-state index is 0.0361. The van der Waals surface area contributed by atoms with Gasteiger partial charge in [-0.15, -0.1) is 0 Å². The van der Waals surface area contributed by atoms with Gasteiger partial charge >= 0.3 is 5.97 Å². The van der Waals surface area contributed by atoms with Crippen LogP contribution < -0.4 is 11.1 Å². The van der Waals surface area contributed by atoms with Crippen LogP contribution in [-0.2, 0) is 16.0 Å². The molecule has 4 N–H and O–H groups in total. The van der Waals surface area contributed by atoms with E-state index in [0.717, 1.165) is 11.3 Å². The molecular formula is C13H18N2O3. The van der Waals surface area contributed by atoms with Crippen molar-refractivity contribution in [3.8, 4) is 0 Å². The quantitative estimate of drug-likeness (QED) is 0.672. The molecule has 1 rings (SSSR count). The van der Waals surface area contributed by atoms with E-state index in [1.165, 1.54) is 6.92 Å². The average Bonchev–Trinajstić information content (AvgIpc) is 2.34. The monoisotopic (exact) mass is 250 g/mol. The number of anilines is 1. The number of Topliss-reactive ketones (excluding diaryl/α,β-unsaturated/α-hetero) is 1. The zero-order valence-electron chi connectivity index (χ0n) is 10.3. The van der Waals surface area contributed by atoms with Crippen LogP contribution in [0.2, 0.25) is 0 Å². The summed E-state index contributed by atoms with van der Waals surface area (Å²) in [5.41, 5.74) is 7.41. The zero-order valence-corrected chi connectivity index (χ0v) is 10.3. The number of para-hydroxylation sites is 1. The standard InChI is InChI=1S/C13H18N2O3/c1-9(16)11(14)7-6-10-4-2-3-5-12(10)15-8-13(17)18/h2-5,11,15H,6-8,14H2,1H3,(H,17,18). The van der Waals surface area contributed by atoms with E-state index in [1.54, 1.807) is 0 Å². The van der Waals surface area contributed by atoms with Crippen molar-refractivity contribution >= 4 is 17.4 Å². The first kappa shape index (κ1) is 14.2. The Morgan fingerprint density at radius 1 is 1.39 bits per heavy atom. The van der Waals surface area contributed by atoms with Gasteiger partial charge in [0.2, 0.25) is 0 Å². The van der Waals surface area contributed by atoms with Crippen LogP contribution in [-0.4, -0.2) is 29.4 Å². The Hall–Kier alpha value is -1.88. The zero-order chi connectivity index (χ0) is 13.5. The lowest BCUT2D eigenvalue weighted by Crippen LogP contribution is -2.28. The molecule has 1 aromatic rings. The summed E-state index contributed by atoms with van der Waals surface area (Å²) in [7, 11) is 0. The maximum Gasteiger partial charge on any atom is 0.322 e. The van der Waals surface area contributed by atoms with Crippen molar-refractivity contribution in [1.82, 2.24) is 0 Å². The third-order valence-corrected chi connectivity index (χ3v) is 2.69. The molecule has 0 saturated carbocycles. The fourth-order valence-corrected chi connectivity index (χ4v) is 1.60. The van der Waals surface area contributed by atoms with Crippen LogP contribution in [0, 0.1) is 0 Å². The number of nitrogens with two attached hydrogens (primary N) is 1. The molecule has 1 unspecified atom stereocenters. The number of nitrogens with one attached hydrogen (secondary N) is 1. The second-order valence-corrected chi connectivity index (χ2v) is 4.16. The molecule has 0 aliphatic rings. The molecule has 0 fully saturated rings. The van der Waals surface area contributed by atoms with Crippen LogP contribution in [0.25, 0.3) is 0 Å². The van der Waals surface area contributed by atoms with Gasteiger partial charge in [-0.1, -0.05) is 18.2 Å². The van der Waals surface area contributed by atoms with Gasteiger partial charge < -0.3 is 16.2 Å². The highest BCUT2D eigenvalue weighted by Crippen LogP contribution is 2.17. The summed E-state index contributed by atoms with van der Waals surface area (Å²) >= 11 is 0. The summed E-state index contributed by atoms with van der Waals surface area (Å²) in [5, 5.41) is 11.5. The summed E-state index contributed by atoms with van der Waals surface area (Å²) in [4.78, 5) is 21.6. The van der Waals surface area contributed by atoms with Gasteiger partial charge in [0.1, 0.15) is 12.3 Å². The fraction of sp³-hybridized carbons (Fsp3) is 0.385. The van der Waals surface area contributed by atoms with Crippen molar-refractivity contribution < 1.29 is 14.7 Å². The average molecular weight is 250 g/mol. The van der Waals surface area contributed by atoms with Crippen molar-refractivity contribution in [3.63, 3.8) is 0 Å². The van der Waals surface area contributed by atoms with Crippen molar-refractivity contribution in [2.24, 2.45) is 5.73 Å². The molecule has 0 heterocycles. The molecule has 0 amide bonds. The molecule has 0 aromatic heterocycles. The van der Waals surface area contributed by atoms with Crippen LogP contribution >= 0.6 is 0 Å². The van der Waals surface area contributed by atoms with E-state index in [-0.39, 0.29) is 12.3 Å². The topological polar surface area (TPSA) is 92.4 Å². The van der Waals surface area contributed by atoms with Crippen LogP contribution in [0.1, 0.15) is 18.9 Å². The summed E-state index contributed by atoms with van der Waals surface area (Å²) in [6.07, 6.45) is 1.20. The Labute approximate surface area is 106 Å². The van der Waals surface area contributed by atoms with Gasteiger partial charge in [-0.3, -0.25) is 9.59 Å². The van der Waals surface area contributed by atoms with E-state index >= 15 is 0 Å². The highest BCUT2D eigenvalue weighted by molar-refractivity contribution is 5.81. The number of aliphatic carboxylic acids is 1. The molecule has 1 aromatic carbocycles. The molecule has 0 saturated heterocycles. The van der Waals surface area contributed by atoms with Gasteiger partial charge in [-0.2, -0.15) is 0 Å². The van der Waals surface area contributed by atoms with Gasteiger partial charge in [0.25, 0.3) is 0 Å². The summed E-state index contributed by atoms with van der Waals surface area (Å²) in [6.45, 7) is 1.34. The number of aryl methyl sites for hydroxylation is 1. The van der Waals surface area contributed by atoms with Crippen molar-refractivity contribution in [2.45, 2.75) is 25.8 Å². The van der Waals surface area contributed by atoms with Crippen LogP contribution in [0.4, 0.5) is 5.69 Å². The lowest BCUT2D eigenvalue weighted by atomic mass is 10.0. The van der Waals surface area contributed by atoms with Gasteiger partial charge in [-0.25, -0.2) is 0 Å². The van der Waals surface area contributed by atoms with Crippen molar-refractivity contribution in [3.05, 3.63) is 29.8 Å². The highest BCUT2D eigenvalue weighted by atomic mass is 16.4. The molecule has 0 aliphatic heterocycles. The predicted octanol–water partition coefficient (Wildman–Crippen LogP) is 1.03. The Bertz CT molecular complexity index is 432. The van der Waals surface area contributed by atoms with E-state index in [1.807, 2.05) is 24.3 Å². The lowest BCUT2D eigenvalue weighted by molar-refractivity contribution is -0.135. The van der Waals surface area contributed by atoms with E-state index in [0.29, 0.717) is 12.8 Å². The fourth-order valence-electron chi connectivity index (χ4n) is 1.60. The van der Waals surface area contributed by atoms with Crippen molar-refractivity contribution in [1.29, 1.82) is 0 Å². The third-order valence-electron chi connectivity index (χ3n) is 2.69. The number of carbonyl (C=O) groups excluding carboxylic acids is 1. The van der Waals surface area contributed by atoms with Crippen molar-refractivity contribution in [2.75, 3.05) is 11.9 Å². The molecular weight excluding hydrogens is 232 g/mol. The first-order valence-electron chi connectivity index (χ1n) is 5.80. The minimum Gasteiger partial charge on any atom is -0.480 e. The lowest BCUT2D eigenvalue weighted by Gasteiger charge is -2.12. The van der Waals surface area contributed by atoms with Gasteiger partial charge in [0.05, 0.1) is 6.04 Å². The van der Waals surface area contributed by atoms with E-state index < -0.39 is 12.0 Å². The minimum atomic E-state index is -0.912. The second kappa shape index (κ2) is 6.76. The Morgan fingerprint density at radius 3 is 2.67 bits per heavy atom. The SMILES string of the molecule is CC(=O)C(N)CCc1ccccc1NCC(=O)O. The second-order valence-electron chi connectivity index (χ2n) is 4.16. The van der Waals surface area contributed by atoms with Crippen LogP contribution in [0.5, 0.6) is 0 Å². The number of hydrogen-bond acceptors (Lipinski definition) is 4. The molecule has 98 valence electrons. The Morgan fingerprint density at radius 2 is 2.06 bits per heavy atom. The van der Waals surface area contributed by atoms with E-state index in [9.17, 15) is 9.59 Å². The Balaban J connectivity index is 2.64. The molecule has 0 spiro atoms. The number of rotatable bonds is 7. The molecule has 18 heavy (non-hydrogen) atoms. The molecule has 5 nitrogen and oxygen atoms in total. The highest BCUT2D eigenvalue weighted by Gasteiger charge is 2.10. The first-order valence-corrected chi connectivity index (χ1v) is 5.80.